The highest BCUT2D eigenvalue weighted by molar-refractivity contribution is 5.73. The molecule has 0 atom stereocenters. The molecule has 4 N–H and O–H groups in total. The van der Waals surface area contributed by atoms with Crippen LogP contribution in [0.4, 0.5) is 5.69 Å². The Morgan fingerprint density at radius 2 is 2.07 bits per heavy atom. The van der Waals surface area contributed by atoms with Gasteiger partial charge in [-0.25, -0.2) is 0 Å². The monoisotopic (exact) mass is 210 g/mol. The van der Waals surface area contributed by atoms with Gasteiger partial charge in [-0.2, -0.15) is 5.10 Å². The zero-order valence-electron chi connectivity index (χ0n) is 9.29. The van der Waals surface area contributed by atoms with E-state index in [9.17, 15) is 4.79 Å². The van der Waals surface area contributed by atoms with Crippen molar-refractivity contribution in [1.29, 1.82) is 0 Å². The van der Waals surface area contributed by atoms with Crippen molar-refractivity contribution < 1.29 is 4.79 Å². The van der Waals surface area contributed by atoms with Crippen LogP contribution in [-0.4, -0.2) is 15.7 Å². The highest BCUT2D eigenvalue weighted by atomic mass is 16.1. The molecular weight excluding hydrogens is 192 g/mol. The molecule has 5 heteroatoms. The lowest BCUT2D eigenvalue weighted by Crippen LogP contribution is -2.10. The summed E-state index contributed by atoms with van der Waals surface area (Å²) < 4.78 is 1.88. The Kier molecular flexibility index (Phi) is 3.71. The van der Waals surface area contributed by atoms with Gasteiger partial charge in [-0.05, 0) is 26.7 Å². The second-order valence-electron chi connectivity index (χ2n) is 3.73. The predicted octanol–water partition coefficient (Wildman–Crippen LogP) is 0.738. The number of amides is 1. The van der Waals surface area contributed by atoms with Crippen molar-refractivity contribution in [3.63, 3.8) is 0 Å². The maximum absolute atomic E-state index is 10.5. The Labute approximate surface area is 89.4 Å². The molecule has 0 aliphatic rings. The number of nitrogen functional groups attached to an aromatic ring is 1. The Morgan fingerprint density at radius 3 is 2.53 bits per heavy atom. The SMILES string of the molecule is Cc1nn(CCCCC(N)=O)c(C)c1N. The predicted molar refractivity (Wildman–Crippen MR) is 59.2 cm³/mol. The lowest BCUT2D eigenvalue weighted by molar-refractivity contribution is -0.118. The number of hydrogen-bond donors (Lipinski definition) is 2. The molecule has 0 aromatic carbocycles. The van der Waals surface area contributed by atoms with E-state index in [0.29, 0.717) is 6.42 Å². The molecule has 0 saturated carbocycles. The first-order valence-corrected chi connectivity index (χ1v) is 5.10. The van der Waals surface area contributed by atoms with Gasteiger partial charge < -0.3 is 11.5 Å². The normalized spacial score (nSPS) is 10.5. The first-order chi connectivity index (χ1) is 7.02. The van der Waals surface area contributed by atoms with Gasteiger partial charge >= 0.3 is 0 Å². The van der Waals surface area contributed by atoms with Crippen LogP contribution in [0.2, 0.25) is 0 Å². The minimum Gasteiger partial charge on any atom is -0.396 e. The molecule has 0 unspecified atom stereocenters. The van der Waals surface area contributed by atoms with Crippen LogP contribution in [0.15, 0.2) is 0 Å². The zero-order valence-corrected chi connectivity index (χ0v) is 9.29. The minimum absolute atomic E-state index is 0.247. The van der Waals surface area contributed by atoms with Crippen molar-refractivity contribution >= 4 is 11.6 Å². The van der Waals surface area contributed by atoms with Crippen LogP contribution < -0.4 is 11.5 Å². The van der Waals surface area contributed by atoms with Gasteiger partial charge in [-0.3, -0.25) is 9.48 Å². The summed E-state index contributed by atoms with van der Waals surface area (Å²) >= 11 is 0. The first kappa shape index (κ1) is 11.6. The summed E-state index contributed by atoms with van der Waals surface area (Å²) in [5.74, 6) is -0.247. The Morgan fingerprint density at radius 1 is 1.40 bits per heavy atom. The van der Waals surface area contributed by atoms with Crippen LogP contribution in [0.25, 0.3) is 0 Å². The lowest BCUT2D eigenvalue weighted by Gasteiger charge is -2.03. The van der Waals surface area contributed by atoms with E-state index in [-0.39, 0.29) is 5.91 Å². The van der Waals surface area contributed by atoms with Crippen molar-refractivity contribution in [2.24, 2.45) is 5.73 Å². The van der Waals surface area contributed by atoms with Crippen LogP contribution in [0.3, 0.4) is 0 Å². The molecule has 1 rings (SSSR count). The van der Waals surface area contributed by atoms with Gasteiger partial charge in [-0.15, -0.1) is 0 Å². The second kappa shape index (κ2) is 4.82. The average Bonchev–Trinajstić information content (AvgIpc) is 2.41. The van der Waals surface area contributed by atoms with E-state index in [1.807, 2.05) is 18.5 Å². The number of anilines is 1. The van der Waals surface area contributed by atoms with Gasteiger partial charge in [0, 0.05) is 13.0 Å². The van der Waals surface area contributed by atoms with E-state index < -0.39 is 0 Å². The molecule has 0 aliphatic carbocycles. The maximum Gasteiger partial charge on any atom is 0.217 e. The van der Waals surface area contributed by atoms with E-state index in [2.05, 4.69) is 5.10 Å². The molecule has 0 saturated heterocycles. The molecule has 15 heavy (non-hydrogen) atoms. The Hall–Kier alpha value is -1.52. The summed E-state index contributed by atoms with van der Waals surface area (Å²) in [6, 6.07) is 0. The summed E-state index contributed by atoms with van der Waals surface area (Å²) in [4.78, 5) is 10.5. The van der Waals surface area contributed by atoms with Crippen molar-refractivity contribution in [3.05, 3.63) is 11.4 Å². The number of hydrogen-bond acceptors (Lipinski definition) is 3. The number of aromatic nitrogens is 2. The fraction of sp³-hybridized carbons (Fsp3) is 0.600. The van der Waals surface area contributed by atoms with Crippen molar-refractivity contribution in [3.8, 4) is 0 Å². The maximum atomic E-state index is 10.5. The topological polar surface area (TPSA) is 86.9 Å². The van der Waals surface area contributed by atoms with Gasteiger partial charge in [0.15, 0.2) is 0 Å². The quantitative estimate of drug-likeness (QED) is 0.702. The van der Waals surface area contributed by atoms with Crippen LogP contribution in [-0.2, 0) is 11.3 Å². The van der Waals surface area contributed by atoms with E-state index in [1.165, 1.54) is 0 Å². The summed E-state index contributed by atoms with van der Waals surface area (Å²) in [7, 11) is 0. The molecule has 0 aliphatic heterocycles. The molecule has 0 bridgehead atoms. The third kappa shape index (κ3) is 2.97. The van der Waals surface area contributed by atoms with Crippen molar-refractivity contribution in [1.82, 2.24) is 9.78 Å². The summed E-state index contributed by atoms with van der Waals surface area (Å²) in [5.41, 5.74) is 13.5. The number of unbranched alkanes of at least 4 members (excludes halogenated alkanes) is 1. The standard InChI is InChI=1S/C10H18N4O/c1-7-10(12)8(2)14(13-7)6-4-3-5-9(11)15/h3-6,12H2,1-2H3,(H2,11,15). The van der Waals surface area contributed by atoms with E-state index in [0.717, 1.165) is 36.5 Å². The zero-order chi connectivity index (χ0) is 11.4. The van der Waals surface area contributed by atoms with Crippen LogP contribution in [0.1, 0.15) is 30.7 Å². The Bertz CT molecular complexity index is 357. The third-order valence-corrected chi connectivity index (χ3v) is 2.48. The number of rotatable bonds is 5. The number of nitrogens with zero attached hydrogens (tertiary/aromatic N) is 2. The van der Waals surface area contributed by atoms with Gasteiger partial charge in [-0.1, -0.05) is 0 Å². The third-order valence-electron chi connectivity index (χ3n) is 2.48. The van der Waals surface area contributed by atoms with Gasteiger partial charge in [0.1, 0.15) is 0 Å². The molecule has 1 amide bonds. The van der Waals surface area contributed by atoms with E-state index >= 15 is 0 Å². The molecule has 84 valence electrons. The molecule has 1 aromatic rings. The van der Waals surface area contributed by atoms with Gasteiger partial charge in [0.25, 0.3) is 0 Å². The smallest absolute Gasteiger partial charge is 0.217 e. The van der Waals surface area contributed by atoms with E-state index in [1.54, 1.807) is 0 Å². The second-order valence-corrected chi connectivity index (χ2v) is 3.73. The lowest BCUT2D eigenvalue weighted by atomic mass is 10.2. The van der Waals surface area contributed by atoms with Crippen LogP contribution in [0.5, 0.6) is 0 Å². The minimum atomic E-state index is -0.247. The molecule has 1 heterocycles. The number of nitrogens with two attached hydrogens (primary N) is 2. The largest absolute Gasteiger partial charge is 0.396 e. The Balaban J connectivity index is 2.44. The van der Waals surface area contributed by atoms with Gasteiger partial charge in [0.05, 0.1) is 17.1 Å². The summed E-state index contributed by atoms with van der Waals surface area (Å²) in [6.07, 6.45) is 2.13. The summed E-state index contributed by atoms with van der Waals surface area (Å²) in [6.45, 7) is 4.63. The number of primary amides is 1. The fourth-order valence-electron chi connectivity index (χ4n) is 1.49. The number of aryl methyl sites for hydroxylation is 2. The number of carbonyl (C=O) groups is 1. The molecule has 5 nitrogen and oxygen atoms in total. The molecule has 0 spiro atoms. The van der Waals surface area contributed by atoms with Crippen molar-refractivity contribution in [2.75, 3.05) is 5.73 Å². The summed E-state index contributed by atoms with van der Waals surface area (Å²) in [5, 5.41) is 4.30. The molecule has 0 fully saturated rings. The number of carbonyl (C=O) groups excluding carboxylic acids is 1. The van der Waals surface area contributed by atoms with Crippen LogP contribution >= 0.6 is 0 Å². The first-order valence-electron chi connectivity index (χ1n) is 5.10. The fourth-order valence-corrected chi connectivity index (χ4v) is 1.49. The van der Waals surface area contributed by atoms with Gasteiger partial charge in [0.2, 0.25) is 5.91 Å². The molecular formula is C10H18N4O. The molecule has 0 radical (unpaired) electrons. The van der Waals surface area contributed by atoms with Crippen LogP contribution in [0, 0.1) is 13.8 Å². The highest BCUT2D eigenvalue weighted by Crippen LogP contribution is 2.15. The van der Waals surface area contributed by atoms with E-state index in [4.69, 9.17) is 11.5 Å². The molecule has 1 aromatic heterocycles. The highest BCUT2D eigenvalue weighted by Gasteiger charge is 2.07. The average molecular weight is 210 g/mol. The van der Waals surface area contributed by atoms with Crippen molar-refractivity contribution in [2.45, 2.75) is 39.7 Å².